The van der Waals surface area contributed by atoms with Crippen molar-refractivity contribution in [3.05, 3.63) is 46.5 Å². The SMILES string of the molecule is C[C@H](CC(=O)c1ccco1)NC(=O)c1ccsc1. The average Bonchev–Trinajstić information content (AvgIpc) is 3.02. The highest BCUT2D eigenvalue weighted by molar-refractivity contribution is 7.08. The van der Waals surface area contributed by atoms with Crippen molar-refractivity contribution in [2.45, 2.75) is 19.4 Å². The van der Waals surface area contributed by atoms with E-state index < -0.39 is 0 Å². The fourth-order valence-corrected chi connectivity index (χ4v) is 2.20. The van der Waals surface area contributed by atoms with Crippen LogP contribution >= 0.6 is 11.3 Å². The van der Waals surface area contributed by atoms with Crippen LogP contribution in [-0.4, -0.2) is 17.7 Å². The smallest absolute Gasteiger partial charge is 0.252 e. The highest BCUT2D eigenvalue weighted by atomic mass is 32.1. The van der Waals surface area contributed by atoms with Crippen LogP contribution in [0.15, 0.2) is 39.6 Å². The first-order valence-electron chi connectivity index (χ1n) is 5.56. The number of nitrogens with one attached hydrogen (secondary N) is 1. The number of thiophene rings is 1. The molecule has 1 N–H and O–H groups in total. The number of carbonyl (C=O) groups is 2. The molecule has 0 bridgehead atoms. The lowest BCUT2D eigenvalue weighted by atomic mass is 10.1. The van der Waals surface area contributed by atoms with Crippen LogP contribution in [0, 0.1) is 0 Å². The lowest BCUT2D eigenvalue weighted by Gasteiger charge is -2.11. The van der Waals surface area contributed by atoms with Gasteiger partial charge in [-0.25, -0.2) is 0 Å². The van der Waals surface area contributed by atoms with Gasteiger partial charge in [0.2, 0.25) is 0 Å². The zero-order valence-corrected chi connectivity index (χ0v) is 10.7. The van der Waals surface area contributed by atoms with Crippen LogP contribution in [0.3, 0.4) is 0 Å². The molecule has 1 atom stereocenters. The molecule has 2 rings (SSSR count). The highest BCUT2D eigenvalue weighted by Crippen LogP contribution is 2.09. The Bertz CT molecular complexity index is 468. The molecule has 4 nitrogen and oxygen atoms in total. The number of hydrogen-bond acceptors (Lipinski definition) is 4. The number of rotatable bonds is 5. The second-order valence-electron chi connectivity index (χ2n) is 3.99. The Hall–Kier alpha value is -1.88. The quantitative estimate of drug-likeness (QED) is 0.844. The molecule has 2 aromatic rings. The van der Waals surface area contributed by atoms with Gasteiger partial charge in [-0.2, -0.15) is 11.3 Å². The third-order valence-electron chi connectivity index (χ3n) is 2.45. The predicted octanol–water partition coefficient (Wildman–Crippen LogP) is 2.73. The summed E-state index contributed by atoms with van der Waals surface area (Å²) in [6.45, 7) is 1.80. The van der Waals surface area contributed by atoms with E-state index in [4.69, 9.17) is 4.42 Å². The molecule has 94 valence electrons. The molecule has 0 aliphatic carbocycles. The molecular formula is C13H13NO3S. The van der Waals surface area contributed by atoms with Crippen LogP contribution in [0.5, 0.6) is 0 Å². The van der Waals surface area contributed by atoms with E-state index in [9.17, 15) is 9.59 Å². The van der Waals surface area contributed by atoms with Gasteiger partial charge in [0.15, 0.2) is 11.5 Å². The summed E-state index contributed by atoms with van der Waals surface area (Å²) in [4.78, 5) is 23.5. The van der Waals surface area contributed by atoms with E-state index in [0.29, 0.717) is 11.3 Å². The maximum absolute atomic E-state index is 11.7. The molecule has 0 saturated carbocycles. The van der Waals surface area contributed by atoms with E-state index in [-0.39, 0.29) is 24.2 Å². The van der Waals surface area contributed by atoms with Gasteiger partial charge in [0, 0.05) is 23.4 Å². The van der Waals surface area contributed by atoms with Gasteiger partial charge in [-0.05, 0) is 30.5 Å². The monoisotopic (exact) mass is 263 g/mol. The van der Waals surface area contributed by atoms with Crippen molar-refractivity contribution in [3.8, 4) is 0 Å². The summed E-state index contributed by atoms with van der Waals surface area (Å²) < 4.78 is 5.01. The van der Waals surface area contributed by atoms with E-state index in [1.807, 2.05) is 5.38 Å². The lowest BCUT2D eigenvalue weighted by Crippen LogP contribution is -2.33. The fourth-order valence-electron chi connectivity index (χ4n) is 1.57. The standard InChI is InChI=1S/C13H13NO3S/c1-9(7-11(15)12-3-2-5-17-12)14-13(16)10-4-6-18-8-10/h2-6,8-9H,7H2,1H3,(H,14,16)/t9-/m1/s1. The van der Waals surface area contributed by atoms with Crippen molar-refractivity contribution in [1.29, 1.82) is 0 Å². The van der Waals surface area contributed by atoms with Crippen molar-refractivity contribution in [2.24, 2.45) is 0 Å². The number of Topliss-reactive ketones (excluding diaryl/α,β-unsaturated/α-hetero) is 1. The van der Waals surface area contributed by atoms with Crippen LogP contribution in [0.25, 0.3) is 0 Å². The maximum Gasteiger partial charge on any atom is 0.252 e. The van der Waals surface area contributed by atoms with Crippen LogP contribution in [0.2, 0.25) is 0 Å². The predicted molar refractivity (Wildman–Crippen MR) is 68.9 cm³/mol. The van der Waals surface area contributed by atoms with E-state index in [1.54, 1.807) is 30.5 Å². The summed E-state index contributed by atoms with van der Waals surface area (Å²) in [6.07, 6.45) is 1.69. The van der Waals surface area contributed by atoms with Gasteiger partial charge in [-0.1, -0.05) is 0 Å². The molecular weight excluding hydrogens is 250 g/mol. The Morgan fingerprint density at radius 1 is 1.44 bits per heavy atom. The third kappa shape index (κ3) is 3.07. The van der Waals surface area contributed by atoms with Gasteiger partial charge in [0.05, 0.1) is 6.26 Å². The third-order valence-corrected chi connectivity index (χ3v) is 3.13. The minimum absolute atomic E-state index is 0.113. The van der Waals surface area contributed by atoms with Crippen LogP contribution < -0.4 is 5.32 Å². The van der Waals surface area contributed by atoms with Gasteiger partial charge in [0.1, 0.15) is 0 Å². The van der Waals surface area contributed by atoms with Gasteiger partial charge in [-0.3, -0.25) is 9.59 Å². The molecule has 0 radical (unpaired) electrons. The van der Waals surface area contributed by atoms with Crippen LogP contribution in [0.1, 0.15) is 34.3 Å². The number of amides is 1. The van der Waals surface area contributed by atoms with E-state index in [1.165, 1.54) is 17.6 Å². The number of carbonyl (C=O) groups excluding carboxylic acids is 2. The van der Waals surface area contributed by atoms with Crippen molar-refractivity contribution >= 4 is 23.0 Å². The Morgan fingerprint density at radius 3 is 2.89 bits per heavy atom. The van der Waals surface area contributed by atoms with E-state index in [2.05, 4.69) is 5.32 Å². The van der Waals surface area contributed by atoms with Crippen molar-refractivity contribution in [2.75, 3.05) is 0 Å². The molecule has 0 fully saturated rings. The largest absolute Gasteiger partial charge is 0.461 e. The first-order chi connectivity index (χ1) is 8.66. The summed E-state index contributed by atoms with van der Waals surface area (Å²) in [7, 11) is 0. The summed E-state index contributed by atoms with van der Waals surface area (Å²) in [5.41, 5.74) is 0.622. The molecule has 0 aliphatic heterocycles. The zero-order valence-electron chi connectivity index (χ0n) is 9.88. The number of ketones is 1. The molecule has 0 aliphatic rings. The van der Waals surface area contributed by atoms with Gasteiger partial charge < -0.3 is 9.73 Å². The second kappa shape index (κ2) is 5.64. The normalized spacial score (nSPS) is 12.1. The lowest BCUT2D eigenvalue weighted by molar-refractivity contribution is 0.0907. The van der Waals surface area contributed by atoms with Crippen molar-refractivity contribution in [1.82, 2.24) is 5.32 Å². The summed E-state index contributed by atoms with van der Waals surface area (Å²) >= 11 is 1.46. The Balaban J connectivity index is 1.87. The van der Waals surface area contributed by atoms with E-state index >= 15 is 0 Å². The molecule has 0 unspecified atom stereocenters. The molecule has 0 spiro atoms. The molecule has 1 amide bonds. The van der Waals surface area contributed by atoms with Crippen LogP contribution in [0.4, 0.5) is 0 Å². The molecule has 0 saturated heterocycles. The summed E-state index contributed by atoms with van der Waals surface area (Å²) in [6, 6.07) is 4.81. The second-order valence-corrected chi connectivity index (χ2v) is 4.77. The molecule has 18 heavy (non-hydrogen) atoms. The van der Waals surface area contributed by atoms with Crippen molar-refractivity contribution in [3.63, 3.8) is 0 Å². The average molecular weight is 263 g/mol. The van der Waals surface area contributed by atoms with Gasteiger partial charge in [0.25, 0.3) is 5.91 Å². The minimum Gasteiger partial charge on any atom is -0.461 e. The van der Waals surface area contributed by atoms with Gasteiger partial charge in [-0.15, -0.1) is 0 Å². The van der Waals surface area contributed by atoms with Crippen LogP contribution in [-0.2, 0) is 0 Å². The minimum atomic E-state index is -0.227. The molecule has 2 heterocycles. The Kier molecular flexibility index (Phi) is 3.94. The zero-order chi connectivity index (χ0) is 13.0. The van der Waals surface area contributed by atoms with E-state index in [0.717, 1.165) is 0 Å². The number of hydrogen-bond donors (Lipinski definition) is 1. The molecule has 5 heteroatoms. The van der Waals surface area contributed by atoms with Gasteiger partial charge >= 0.3 is 0 Å². The molecule has 0 aromatic carbocycles. The molecule has 2 aromatic heterocycles. The first kappa shape index (κ1) is 12.6. The Labute approximate surface area is 109 Å². The topological polar surface area (TPSA) is 59.3 Å². The summed E-state index contributed by atoms with van der Waals surface area (Å²) in [5.74, 6) is 0.0562. The fraction of sp³-hybridized carbons (Fsp3) is 0.231. The number of furan rings is 1. The summed E-state index contributed by atoms with van der Waals surface area (Å²) in [5, 5.41) is 6.40. The first-order valence-corrected chi connectivity index (χ1v) is 6.51. The maximum atomic E-state index is 11.7. The highest BCUT2D eigenvalue weighted by Gasteiger charge is 2.16. The Morgan fingerprint density at radius 2 is 2.28 bits per heavy atom. The van der Waals surface area contributed by atoms with Crippen molar-refractivity contribution < 1.29 is 14.0 Å².